The van der Waals surface area contributed by atoms with Crippen molar-refractivity contribution in [2.75, 3.05) is 13.1 Å². The molecule has 2 saturated heterocycles. The van der Waals surface area contributed by atoms with E-state index >= 15 is 0 Å². The van der Waals surface area contributed by atoms with Crippen molar-refractivity contribution in [3.8, 4) is 0 Å². The van der Waals surface area contributed by atoms with Crippen LogP contribution in [0.4, 0.5) is 0 Å². The molecule has 5 rings (SSSR count). The molecule has 4 atom stereocenters. The van der Waals surface area contributed by atoms with Crippen LogP contribution < -0.4 is 0 Å². The van der Waals surface area contributed by atoms with E-state index in [1.54, 1.807) is 0 Å². The largest absolute Gasteiger partial charge is 0.331 e. The smallest absolute Gasteiger partial charge is 0.243 e. The van der Waals surface area contributed by atoms with Gasteiger partial charge in [-0.05, 0) is 31.2 Å². The first-order valence-corrected chi connectivity index (χ1v) is 10.8. The lowest BCUT2D eigenvalue weighted by molar-refractivity contribution is -0.170. The number of nitrogens with zero attached hydrogens (tertiary/aromatic N) is 2. The molecule has 2 aliphatic heterocycles. The fourth-order valence-corrected chi connectivity index (χ4v) is 6.29. The molecular formula is C23H28N2O3. The third-order valence-corrected chi connectivity index (χ3v) is 7.72. The molecule has 0 N–H and O–H groups in total. The van der Waals surface area contributed by atoms with Gasteiger partial charge in [0.25, 0.3) is 0 Å². The zero-order chi connectivity index (χ0) is 19.3. The van der Waals surface area contributed by atoms with Gasteiger partial charge in [-0.3, -0.25) is 19.3 Å². The van der Waals surface area contributed by atoms with Gasteiger partial charge in [0, 0.05) is 12.5 Å². The number of carbonyl (C=O) groups excluding carboxylic acids is 3. The van der Waals surface area contributed by atoms with Crippen LogP contribution in [-0.2, 0) is 19.9 Å². The summed E-state index contributed by atoms with van der Waals surface area (Å²) in [4.78, 5) is 42.1. The lowest BCUT2D eigenvalue weighted by Gasteiger charge is -2.61. The Bertz CT molecular complexity index is 783. The van der Waals surface area contributed by atoms with E-state index < -0.39 is 0 Å². The lowest BCUT2D eigenvalue weighted by Crippen LogP contribution is -2.68. The van der Waals surface area contributed by atoms with Crippen LogP contribution in [0.15, 0.2) is 30.3 Å². The van der Waals surface area contributed by atoms with Gasteiger partial charge in [-0.15, -0.1) is 0 Å². The monoisotopic (exact) mass is 380 g/mol. The zero-order valence-corrected chi connectivity index (χ0v) is 16.3. The number of benzene rings is 1. The molecule has 2 saturated carbocycles. The molecule has 4 fully saturated rings. The number of rotatable bonds is 3. The Morgan fingerprint density at radius 2 is 1.57 bits per heavy atom. The highest BCUT2D eigenvalue weighted by molar-refractivity contribution is 6.07. The zero-order valence-electron chi connectivity index (χ0n) is 16.3. The van der Waals surface area contributed by atoms with Gasteiger partial charge in [0.15, 0.2) is 0 Å². The molecule has 0 bridgehead atoms. The van der Waals surface area contributed by atoms with Crippen molar-refractivity contribution in [2.45, 2.75) is 56.9 Å². The number of carbonyl (C=O) groups is 3. The molecular weight excluding hydrogens is 352 g/mol. The first-order chi connectivity index (χ1) is 13.6. The topological polar surface area (TPSA) is 57.7 Å². The molecule has 0 aromatic heterocycles. The molecule has 0 radical (unpaired) electrons. The van der Waals surface area contributed by atoms with Crippen molar-refractivity contribution in [3.63, 3.8) is 0 Å². The van der Waals surface area contributed by atoms with Gasteiger partial charge in [-0.1, -0.05) is 56.0 Å². The second-order valence-electron chi connectivity index (χ2n) is 9.00. The molecule has 4 aliphatic rings. The van der Waals surface area contributed by atoms with E-state index in [4.69, 9.17) is 0 Å². The van der Waals surface area contributed by atoms with Crippen LogP contribution in [0.2, 0.25) is 0 Å². The van der Waals surface area contributed by atoms with Gasteiger partial charge in [0.2, 0.25) is 17.7 Å². The summed E-state index contributed by atoms with van der Waals surface area (Å²) in [7, 11) is 0. The quantitative estimate of drug-likeness (QED) is 0.757. The number of imide groups is 1. The minimum Gasteiger partial charge on any atom is -0.331 e. The Kier molecular flexibility index (Phi) is 4.29. The van der Waals surface area contributed by atoms with Crippen LogP contribution in [-0.4, -0.2) is 40.6 Å². The van der Waals surface area contributed by atoms with Crippen molar-refractivity contribution >= 4 is 17.7 Å². The third kappa shape index (κ3) is 2.48. The minimum absolute atomic E-state index is 0.0673. The van der Waals surface area contributed by atoms with Crippen LogP contribution in [0.5, 0.6) is 0 Å². The SMILES string of the molecule is O=C1C2CCCCC2C(=O)N1CC(=O)N1CC2CCCCC21c1ccccc1. The minimum atomic E-state index is -0.241. The van der Waals surface area contributed by atoms with Gasteiger partial charge in [0.05, 0.1) is 17.4 Å². The van der Waals surface area contributed by atoms with Gasteiger partial charge >= 0.3 is 0 Å². The highest BCUT2D eigenvalue weighted by Gasteiger charge is 2.58. The Labute approximate surface area is 166 Å². The average Bonchev–Trinajstić information content (AvgIpc) is 2.95. The van der Waals surface area contributed by atoms with E-state index in [0.29, 0.717) is 5.92 Å². The van der Waals surface area contributed by atoms with E-state index in [0.717, 1.165) is 51.5 Å². The van der Waals surface area contributed by atoms with Crippen molar-refractivity contribution in [1.82, 2.24) is 9.80 Å². The lowest BCUT2D eigenvalue weighted by atomic mass is 9.61. The number of amides is 3. The van der Waals surface area contributed by atoms with Gasteiger partial charge in [0.1, 0.15) is 6.54 Å². The molecule has 5 heteroatoms. The third-order valence-electron chi connectivity index (χ3n) is 7.72. The van der Waals surface area contributed by atoms with Gasteiger partial charge in [-0.25, -0.2) is 0 Å². The Hall–Kier alpha value is -2.17. The maximum Gasteiger partial charge on any atom is 0.243 e. The molecule has 1 aromatic carbocycles. The fourth-order valence-electron chi connectivity index (χ4n) is 6.29. The van der Waals surface area contributed by atoms with E-state index in [1.165, 1.54) is 16.9 Å². The van der Waals surface area contributed by atoms with Crippen LogP contribution in [0.3, 0.4) is 0 Å². The summed E-state index contributed by atoms with van der Waals surface area (Å²) in [6.07, 6.45) is 8.04. The maximum atomic E-state index is 13.3. The first kappa shape index (κ1) is 17.9. The predicted octanol–water partition coefficient (Wildman–Crippen LogP) is 3.09. The summed E-state index contributed by atoms with van der Waals surface area (Å²) in [5, 5.41) is 0. The fraction of sp³-hybridized carbons (Fsp3) is 0.609. The first-order valence-electron chi connectivity index (χ1n) is 10.8. The summed E-state index contributed by atoms with van der Waals surface area (Å²) in [5.74, 6) is -0.176. The number of hydrogen-bond acceptors (Lipinski definition) is 3. The van der Waals surface area contributed by atoms with Crippen LogP contribution in [0.25, 0.3) is 0 Å². The summed E-state index contributed by atoms with van der Waals surface area (Å²) < 4.78 is 0. The summed E-state index contributed by atoms with van der Waals surface area (Å²) >= 11 is 0. The predicted molar refractivity (Wildman–Crippen MR) is 104 cm³/mol. The molecule has 0 spiro atoms. The Morgan fingerprint density at radius 3 is 2.21 bits per heavy atom. The normalized spacial score (nSPS) is 34.6. The maximum absolute atomic E-state index is 13.3. The van der Waals surface area contributed by atoms with Crippen LogP contribution in [0, 0.1) is 17.8 Å². The molecule has 2 aliphatic carbocycles. The standard InChI is InChI=1S/C23H28N2O3/c26-20(15-24-21(27)18-11-4-5-12-19(18)22(24)28)25-14-17-10-6-7-13-23(17,25)16-8-2-1-3-9-16/h1-3,8-9,17-19H,4-7,10-15H2. The van der Waals surface area contributed by atoms with Crippen molar-refractivity contribution in [1.29, 1.82) is 0 Å². The molecule has 3 amide bonds. The van der Waals surface area contributed by atoms with E-state index in [-0.39, 0.29) is 41.6 Å². The summed E-state index contributed by atoms with van der Waals surface area (Å²) in [6.45, 7) is 0.669. The van der Waals surface area contributed by atoms with Crippen molar-refractivity contribution in [2.24, 2.45) is 17.8 Å². The number of likely N-dealkylation sites (tertiary alicyclic amines) is 2. The second kappa shape index (κ2) is 6.71. The van der Waals surface area contributed by atoms with E-state index in [1.807, 2.05) is 23.1 Å². The van der Waals surface area contributed by atoms with E-state index in [9.17, 15) is 14.4 Å². The molecule has 28 heavy (non-hydrogen) atoms. The Balaban J connectivity index is 1.38. The van der Waals surface area contributed by atoms with E-state index in [2.05, 4.69) is 12.1 Å². The second-order valence-corrected chi connectivity index (χ2v) is 9.00. The molecule has 2 heterocycles. The molecule has 4 unspecified atom stereocenters. The highest BCUT2D eigenvalue weighted by atomic mass is 16.2. The summed E-state index contributed by atoms with van der Waals surface area (Å²) in [5.41, 5.74) is 0.960. The molecule has 1 aromatic rings. The van der Waals surface area contributed by atoms with Gasteiger partial charge < -0.3 is 4.90 Å². The summed E-state index contributed by atoms with van der Waals surface area (Å²) in [6, 6.07) is 10.3. The molecule has 148 valence electrons. The molecule has 5 nitrogen and oxygen atoms in total. The number of hydrogen-bond donors (Lipinski definition) is 0. The van der Waals surface area contributed by atoms with Gasteiger partial charge in [-0.2, -0.15) is 0 Å². The van der Waals surface area contributed by atoms with Crippen molar-refractivity contribution < 1.29 is 14.4 Å². The number of fused-ring (bicyclic) bond motifs is 2. The average molecular weight is 380 g/mol. The van der Waals surface area contributed by atoms with Crippen LogP contribution in [0.1, 0.15) is 56.9 Å². The highest BCUT2D eigenvalue weighted by Crippen LogP contribution is 2.54. The van der Waals surface area contributed by atoms with Crippen LogP contribution >= 0.6 is 0 Å². The Morgan fingerprint density at radius 1 is 0.929 bits per heavy atom. The van der Waals surface area contributed by atoms with Crippen molar-refractivity contribution in [3.05, 3.63) is 35.9 Å².